The third-order valence-electron chi connectivity index (χ3n) is 3.41. The summed E-state index contributed by atoms with van der Waals surface area (Å²) in [4.78, 5) is 10.6. The molecule has 0 unspecified atom stereocenters. The van der Waals surface area contributed by atoms with E-state index >= 15 is 0 Å². The SMILES string of the molecule is CC(C)N(CCCC(=O)O)S(=O)(=O)CCCc1ccccc1. The maximum absolute atomic E-state index is 12.4. The summed E-state index contributed by atoms with van der Waals surface area (Å²) in [6.45, 7) is 3.89. The topological polar surface area (TPSA) is 74.7 Å². The van der Waals surface area contributed by atoms with Crippen molar-refractivity contribution in [1.82, 2.24) is 4.31 Å². The lowest BCUT2D eigenvalue weighted by Gasteiger charge is -2.25. The smallest absolute Gasteiger partial charge is 0.303 e. The van der Waals surface area contributed by atoms with E-state index < -0.39 is 16.0 Å². The van der Waals surface area contributed by atoms with Crippen molar-refractivity contribution in [2.45, 2.75) is 45.6 Å². The van der Waals surface area contributed by atoms with Gasteiger partial charge in [-0.25, -0.2) is 8.42 Å². The number of aryl methyl sites for hydroxylation is 1. The summed E-state index contributed by atoms with van der Waals surface area (Å²) in [6.07, 6.45) is 1.61. The van der Waals surface area contributed by atoms with Gasteiger partial charge in [0.05, 0.1) is 5.75 Å². The first kappa shape index (κ1) is 18.6. The van der Waals surface area contributed by atoms with E-state index in [9.17, 15) is 13.2 Å². The molecule has 0 aliphatic carbocycles. The van der Waals surface area contributed by atoms with Gasteiger partial charge in [0.25, 0.3) is 0 Å². The van der Waals surface area contributed by atoms with Gasteiger partial charge in [-0.1, -0.05) is 30.3 Å². The van der Waals surface area contributed by atoms with Crippen LogP contribution in [0.2, 0.25) is 0 Å². The molecule has 1 rings (SSSR count). The second-order valence-corrected chi connectivity index (χ2v) is 7.65. The number of hydrogen-bond acceptors (Lipinski definition) is 3. The Morgan fingerprint density at radius 2 is 1.82 bits per heavy atom. The Morgan fingerprint density at radius 3 is 2.36 bits per heavy atom. The van der Waals surface area contributed by atoms with Crippen LogP contribution in [0, 0.1) is 0 Å². The molecule has 0 amide bonds. The van der Waals surface area contributed by atoms with Crippen LogP contribution in [-0.4, -0.2) is 42.1 Å². The molecule has 6 heteroatoms. The zero-order chi connectivity index (χ0) is 16.6. The Balaban J connectivity index is 2.54. The minimum atomic E-state index is -3.35. The number of rotatable bonds is 10. The van der Waals surface area contributed by atoms with Gasteiger partial charge in [-0.15, -0.1) is 0 Å². The molecule has 0 bridgehead atoms. The van der Waals surface area contributed by atoms with Gasteiger partial charge in [0.1, 0.15) is 0 Å². The van der Waals surface area contributed by atoms with Crippen LogP contribution in [0.3, 0.4) is 0 Å². The van der Waals surface area contributed by atoms with Gasteiger partial charge in [-0.2, -0.15) is 4.31 Å². The third-order valence-corrected chi connectivity index (χ3v) is 5.54. The monoisotopic (exact) mass is 327 g/mol. The van der Waals surface area contributed by atoms with Crippen LogP contribution in [0.4, 0.5) is 0 Å². The molecule has 124 valence electrons. The summed E-state index contributed by atoms with van der Waals surface area (Å²) in [6, 6.07) is 9.63. The fraction of sp³-hybridized carbons (Fsp3) is 0.562. The van der Waals surface area contributed by atoms with E-state index in [2.05, 4.69) is 0 Å². The first-order valence-corrected chi connectivity index (χ1v) is 9.19. The molecule has 0 atom stereocenters. The molecule has 5 nitrogen and oxygen atoms in total. The van der Waals surface area contributed by atoms with Crippen molar-refractivity contribution in [1.29, 1.82) is 0 Å². The van der Waals surface area contributed by atoms with Crippen molar-refractivity contribution in [2.24, 2.45) is 0 Å². The number of benzene rings is 1. The van der Waals surface area contributed by atoms with Crippen LogP contribution in [0.15, 0.2) is 30.3 Å². The van der Waals surface area contributed by atoms with Crippen molar-refractivity contribution >= 4 is 16.0 Å². The number of hydrogen-bond donors (Lipinski definition) is 1. The molecule has 0 saturated heterocycles. The first-order chi connectivity index (χ1) is 10.3. The van der Waals surface area contributed by atoms with Crippen molar-refractivity contribution in [3.05, 3.63) is 35.9 Å². The number of carbonyl (C=O) groups is 1. The Hall–Kier alpha value is -1.40. The van der Waals surface area contributed by atoms with Crippen LogP contribution in [0.25, 0.3) is 0 Å². The fourth-order valence-corrected chi connectivity index (χ4v) is 4.12. The fourth-order valence-electron chi connectivity index (χ4n) is 2.33. The molecule has 0 fully saturated rings. The van der Waals surface area contributed by atoms with Crippen molar-refractivity contribution < 1.29 is 18.3 Å². The molecule has 0 heterocycles. The molecule has 0 aromatic heterocycles. The molecule has 0 aliphatic rings. The highest BCUT2D eigenvalue weighted by Crippen LogP contribution is 2.12. The maximum Gasteiger partial charge on any atom is 0.303 e. The van der Waals surface area contributed by atoms with E-state index in [1.807, 2.05) is 44.2 Å². The summed E-state index contributed by atoms with van der Waals surface area (Å²) < 4.78 is 26.3. The van der Waals surface area contributed by atoms with Gasteiger partial charge < -0.3 is 5.11 Å². The van der Waals surface area contributed by atoms with Gasteiger partial charge in [0, 0.05) is 19.0 Å². The average Bonchev–Trinajstić information content (AvgIpc) is 2.43. The lowest BCUT2D eigenvalue weighted by atomic mass is 10.1. The molecule has 0 saturated carbocycles. The molecular formula is C16H25NO4S. The standard InChI is InChI=1S/C16H25NO4S/c1-14(2)17(12-6-11-16(18)19)22(20,21)13-7-10-15-8-4-3-5-9-15/h3-5,8-9,14H,6-7,10-13H2,1-2H3,(H,18,19). The van der Waals surface area contributed by atoms with Gasteiger partial charge in [0.15, 0.2) is 0 Å². The van der Waals surface area contributed by atoms with Crippen LogP contribution in [-0.2, 0) is 21.2 Å². The normalized spacial score (nSPS) is 12.0. The average molecular weight is 327 g/mol. The van der Waals surface area contributed by atoms with Crippen LogP contribution in [0.1, 0.15) is 38.7 Å². The number of sulfonamides is 1. The van der Waals surface area contributed by atoms with E-state index in [1.54, 1.807) is 0 Å². The molecule has 0 aliphatic heterocycles. The summed E-state index contributed by atoms with van der Waals surface area (Å²) in [7, 11) is -3.35. The number of nitrogens with zero attached hydrogens (tertiary/aromatic N) is 1. The van der Waals surface area contributed by atoms with E-state index in [4.69, 9.17) is 5.11 Å². The van der Waals surface area contributed by atoms with Gasteiger partial charge in [0.2, 0.25) is 10.0 Å². The van der Waals surface area contributed by atoms with Gasteiger partial charge >= 0.3 is 5.97 Å². The molecule has 1 aromatic carbocycles. The highest BCUT2D eigenvalue weighted by molar-refractivity contribution is 7.89. The lowest BCUT2D eigenvalue weighted by molar-refractivity contribution is -0.137. The Bertz CT molecular complexity index is 555. The highest BCUT2D eigenvalue weighted by atomic mass is 32.2. The second kappa shape index (κ2) is 8.90. The third kappa shape index (κ3) is 6.58. The Labute approximate surface area is 133 Å². The predicted molar refractivity (Wildman–Crippen MR) is 87.3 cm³/mol. The molecule has 0 spiro atoms. The largest absolute Gasteiger partial charge is 0.481 e. The van der Waals surface area contributed by atoms with E-state index in [0.717, 1.165) is 12.0 Å². The van der Waals surface area contributed by atoms with Gasteiger partial charge in [-0.05, 0) is 38.7 Å². The lowest BCUT2D eigenvalue weighted by Crippen LogP contribution is -2.39. The second-order valence-electron chi connectivity index (χ2n) is 5.61. The quantitative estimate of drug-likeness (QED) is 0.716. The highest BCUT2D eigenvalue weighted by Gasteiger charge is 2.24. The maximum atomic E-state index is 12.4. The minimum Gasteiger partial charge on any atom is -0.481 e. The van der Waals surface area contributed by atoms with E-state index in [-0.39, 0.29) is 24.8 Å². The zero-order valence-corrected chi connectivity index (χ0v) is 14.1. The van der Waals surface area contributed by atoms with Crippen LogP contribution < -0.4 is 0 Å². The minimum absolute atomic E-state index is 0.0112. The molecule has 22 heavy (non-hydrogen) atoms. The molecule has 1 aromatic rings. The predicted octanol–water partition coefficient (Wildman–Crippen LogP) is 2.52. The van der Waals surface area contributed by atoms with E-state index in [1.165, 1.54) is 4.31 Å². The zero-order valence-electron chi connectivity index (χ0n) is 13.2. The van der Waals surface area contributed by atoms with Gasteiger partial charge in [-0.3, -0.25) is 4.79 Å². The van der Waals surface area contributed by atoms with Crippen molar-refractivity contribution in [3.8, 4) is 0 Å². The summed E-state index contributed by atoms with van der Waals surface area (Å²) in [5.41, 5.74) is 1.12. The number of carboxylic acid groups (broad SMARTS) is 1. The Kier molecular flexibility index (Phi) is 7.55. The Morgan fingerprint density at radius 1 is 1.18 bits per heavy atom. The summed E-state index contributed by atoms with van der Waals surface area (Å²) in [5.74, 6) is -0.808. The number of aliphatic carboxylic acids is 1. The molecule has 1 N–H and O–H groups in total. The molecule has 0 radical (unpaired) electrons. The van der Waals surface area contributed by atoms with Crippen molar-refractivity contribution in [3.63, 3.8) is 0 Å². The van der Waals surface area contributed by atoms with Crippen LogP contribution >= 0.6 is 0 Å². The molecular weight excluding hydrogens is 302 g/mol. The summed E-state index contributed by atoms with van der Waals surface area (Å²) >= 11 is 0. The first-order valence-electron chi connectivity index (χ1n) is 7.58. The van der Waals surface area contributed by atoms with Crippen molar-refractivity contribution in [2.75, 3.05) is 12.3 Å². The van der Waals surface area contributed by atoms with Crippen LogP contribution in [0.5, 0.6) is 0 Å². The summed E-state index contributed by atoms with van der Waals surface area (Å²) in [5, 5.41) is 8.67. The van der Waals surface area contributed by atoms with E-state index in [0.29, 0.717) is 12.8 Å². The number of carboxylic acids is 1.